The summed E-state index contributed by atoms with van der Waals surface area (Å²) in [7, 11) is -3.65. The number of hydrogen-bond acceptors (Lipinski definition) is 7. The summed E-state index contributed by atoms with van der Waals surface area (Å²) in [6.07, 6.45) is 1.12. The van der Waals surface area contributed by atoms with Crippen LogP contribution in [0.4, 0.5) is 14.5 Å². The first kappa shape index (κ1) is 31.7. The van der Waals surface area contributed by atoms with Crippen molar-refractivity contribution in [3.63, 3.8) is 0 Å². The zero-order valence-electron chi connectivity index (χ0n) is 22.4. The second-order valence-electron chi connectivity index (χ2n) is 9.22. The van der Waals surface area contributed by atoms with Crippen LogP contribution < -0.4 is 10.4 Å². The molecule has 4 aromatic rings. The number of rotatable bonds is 7. The highest BCUT2D eigenvalue weighted by Crippen LogP contribution is 2.41. The van der Waals surface area contributed by atoms with Crippen LogP contribution >= 0.6 is 23.2 Å². The van der Waals surface area contributed by atoms with Gasteiger partial charge in [0.05, 0.1) is 34.1 Å². The molecule has 1 aliphatic heterocycles. The van der Waals surface area contributed by atoms with Crippen molar-refractivity contribution in [1.82, 2.24) is 14.3 Å². The molecule has 0 radical (unpaired) electrons. The molecule has 226 valence electrons. The van der Waals surface area contributed by atoms with Crippen LogP contribution in [0.5, 0.6) is 0 Å². The molecule has 0 amide bonds. The smallest absolute Gasteiger partial charge is 0.355 e. The van der Waals surface area contributed by atoms with Crippen LogP contribution in [0.1, 0.15) is 29.9 Å². The normalized spacial score (nSPS) is 14.0. The lowest BCUT2D eigenvalue weighted by molar-refractivity contribution is -0.129. The Balaban J connectivity index is 0.000000198. The summed E-state index contributed by atoms with van der Waals surface area (Å²) in [6.45, 7) is -1.85. The maximum Gasteiger partial charge on any atom is 0.355 e. The fraction of sp³-hybridized carbons (Fsp3) is 0.185. The number of anilines is 1. The zero-order valence-corrected chi connectivity index (χ0v) is 24.7. The Kier molecular flexibility index (Phi) is 9.23. The number of aryl methyl sites for hydroxylation is 1. The van der Waals surface area contributed by atoms with Crippen molar-refractivity contribution < 1.29 is 31.9 Å². The van der Waals surface area contributed by atoms with Crippen molar-refractivity contribution in [3.05, 3.63) is 110 Å². The number of sulfonamides is 1. The average molecular weight is 654 g/mol. The number of halogens is 4. The molecule has 0 fully saturated rings. The summed E-state index contributed by atoms with van der Waals surface area (Å²) >= 11 is 11.8. The monoisotopic (exact) mass is 653 g/mol. The van der Waals surface area contributed by atoms with Crippen LogP contribution in [0.3, 0.4) is 0 Å². The average Bonchev–Trinajstić information content (AvgIpc) is 3.53. The van der Waals surface area contributed by atoms with E-state index in [2.05, 4.69) is 15.0 Å². The molecule has 0 bridgehead atoms. The standard InChI is InChI=1S/C16H13NO3.C11H10Cl2F2N4O3S/c18-15(19)14-11-16(20-17-14,12-7-3-1-4-8-12)13-9-5-2-6-10-13;1-5-16-19(11(20)18(5)10(14)15)9-4-8(17-23(2,21)22)6(12)3-7(9)13/h1-10H,11H2,(H,18,19);3-4,10,17H,1-2H3. The third kappa shape index (κ3) is 6.87. The van der Waals surface area contributed by atoms with E-state index in [0.717, 1.165) is 23.4 Å². The molecule has 0 aliphatic carbocycles. The minimum Gasteiger partial charge on any atom is -0.477 e. The van der Waals surface area contributed by atoms with E-state index in [1.54, 1.807) is 0 Å². The molecule has 0 saturated heterocycles. The summed E-state index contributed by atoms with van der Waals surface area (Å²) in [5.41, 5.74) is -0.294. The molecule has 1 aromatic heterocycles. The number of benzene rings is 3. The molecular weight excluding hydrogens is 631 g/mol. The number of nitrogens with one attached hydrogen (secondary N) is 1. The Morgan fingerprint density at radius 2 is 1.60 bits per heavy atom. The van der Waals surface area contributed by atoms with Crippen molar-refractivity contribution in [2.24, 2.45) is 5.16 Å². The lowest BCUT2D eigenvalue weighted by Gasteiger charge is -2.27. The van der Waals surface area contributed by atoms with Gasteiger partial charge >= 0.3 is 18.2 Å². The lowest BCUT2D eigenvalue weighted by Crippen LogP contribution is -2.29. The van der Waals surface area contributed by atoms with E-state index < -0.39 is 33.8 Å². The number of carboxylic acid groups (broad SMARTS) is 1. The second-order valence-corrected chi connectivity index (χ2v) is 11.8. The molecule has 3 aromatic carbocycles. The number of carbonyl (C=O) groups is 1. The third-order valence-corrected chi connectivity index (χ3v) is 7.40. The van der Waals surface area contributed by atoms with Gasteiger partial charge in [0.2, 0.25) is 10.0 Å². The van der Waals surface area contributed by atoms with Gasteiger partial charge < -0.3 is 9.94 Å². The van der Waals surface area contributed by atoms with Crippen LogP contribution in [-0.4, -0.2) is 45.8 Å². The number of hydrogen-bond donors (Lipinski definition) is 2. The highest BCUT2D eigenvalue weighted by molar-refractivity contribution is 7.92. The van der Waals surface area contributed by atoms with Crippen LogP contribution in [0.2, 0.25) is 10.0 Å². The van der Waals surface area contributed by atoms with Gasteiger partial charge in [0.25, 0.3) is 0 Å². The van der Waals surface area contributed by atoms with E-state index in [1.807, 2.05) is 60.7 Å². The molecule has 43 heavy (non-hydrogen) atoms. The quantitative estimate of drug-likeness (QED) is 0.279. The van der Waals surface area contributed by atoms with Gasteiger partial charge in [0.15, 0.2) is 11.3 Å². The molecule has 0 saturated carbocycles. The fourth-order valence-corrected chi connectivity index (χ4v) is 5.41. The van der Waals surface area contributed by atoms with Crippen LogP contribution in [0.15, 0.2) is 82.7 Å². The van der Waals surface area contributed by atoms with Crippen LogP contribution in [0, 0.1) is 6.92 Å². The summed E-state index contributed by atoms with van der Waals surface area (Å²) in [6, 6.07) is 21.5. The van der Waals surface area contributed by atoms with Crippen LogP contribution in [-0.2, 0) is 25.3 Å². The van der Waals surface area contributed by atoms with E-state index in [-0.39, 0.29) is 43.9 Å². The molecule has 0 unspecified atom stereocenters. The second kappa shape index (κ2) is 12.5. The minimum absolute atomic E-state index is 0.0257. The summed E-state index contributed by atoms with van der Waals surface area (Å²) in [5, 5.41) is 16.5. The predicted molar refractivity (Wildman–Crippen MR) is 157 cm³/mol. The van der Waals surface area contributed by atoms with E-state index >= 15 is 0 Å². The number of nitrogens with zero attached hydrogens (tertiary/aromatic N) is 4. The number of aliphatic carboxylic acids is 1. The Hall–Kier alpha value is -4.27. The van der Waals surface area contributed by atoms with Crippen molar-refractivity contribution >= 4 is 50.6 Å². The van der Waals surface area contributed by atoms with Crippen LogP contribution in [0.25, 0.3) is 5.69 Å². The fourth-order valence-electron chi connectivity index (χ4n) is 4.27. The van der Waals surface area contributed by atoms with Gasteiger partial charge in [0.1, 0.15) is 5.82 Å². The maximum atomic E-state index is 12.8. The number of oxime groups is 1. The van der Waals surface area contributed by atoms with Gasteiger partial charge in [0, 0.05) is 11.1 Å². The number of aromatic nitrogens is 3. The first-order valence-corrected chi connectivity index (χ1v) is 14.9. The molecule has 1 aliphatic rings. The molecule has 16 heteroatoms. The van der Waals surface area contributed by atoms with Gasteiger partial charge in [-0.3, -0.25) is 4.72 Å². The first-order chi connectivity index (χ1) is 20.2. The van der Waals surface area contributed by atoms with Gasteiger partial charge in [-0.05, 0) is 19.1 Å². The minimum atomic E-state index is -3.65. The highest BCUT2D eigenvalue weighted by Gasteiger charge is 2.44. The van der Waals surface area contributed by atoms with Gasteiger partial charge in [-0.1, -0.05) is 89.0 Å². The molecule has 2 heterocycles. The molecule has 11 nitrogen and oxygen atoms in total. The Labute approximate surface area is 254 Å². The lowest BCUT2D eigenvalue weighted by atomic mass is 9.82. The first-order valence-electron chi connectivity index (χ1n) is 12.3. The van der Waals surface area contributed by atoms with E-state index in [0.29, 0.717) is 4.68 Å². The van der Waals surface area contributed by atoms with Crippen molar-refractivity contribution in [2.75, 3.05) is 11.0 Å². The predicted octanol–water partition coefficient (Wildman–Crippen LogP) is 5.21. The number of alkyl halides is 2. The Morgan fingerprint density at radius 3 is 2.05 bits per heavy atom. The summed E-state index contributed by atoms with van der Waals surface area (Å²) < 4.78 is 51.3. The van der Waals surface area contributed by atoms with Crippen molar-refractivity contribution in [1.29, 1.82) is 0 Å². The Morgan fingerprint density at radius 1 is 1.05 bits per heavy atom. The maximum absolute atomic E-state index is 12.8. The highest BCUT2D eigenvalue weighted by atomic mass is 35.5. The van der Waals surface area contributed by atoms with Gasteiger partial charge in [-0.15, -0.1) is 5.10 Å². The number of carboxylic acids is 1. The van der Waals surface area contributed by atoms with E-state index in [9.17, 15) is 26.8 Å². The van der Waals surface area contributed by atoms with Gasteiger partial charge in [-0.2, -0.15) is 13.5 Å². The van der Waals surface area contributed by atoms with Gasteiger partial charge in [-0.25, -0.2) is 22.6 Å². The molecule has 5 rings (SSSR count). The molecule has 0 atom stereocenters. The zero-order chi connectivity index (χ0) is 31.5. The molecular formula is C27H23Cl2F2N5O6S. The summed E-state index contributed by atoms with van der Waals surface area (Å²) in [4.78, 5) is 28.8. The van der Waals surface area contributed by atoms with Crippen molar-refractivity contribution in [3.8, 4) is 5.69 Å². The SMILES string of the molecule is Cc1nn(-c2cc(NS(C)(=O)=O)c(Cl)cc2Cl)c(=O)n1C(F)F.O=C(O)C1=NOC(c2ccccc2)(c2ccccc2)C1. The topological polar surface area (TPSA) is 145 Å². The molecule has 2 N–H and O–H groups in total. The van der Waals surface area contributed by atoms with E-state index in [1.165, 1.54) is 13.0 Å². The van der Waals surface area contributed by atoms with E-state index in [4.69, 9.17) is 33.1 Å². The largest absolute Gasteiger partial charge is 0.477 e. The van der Waals surface area contributed by atoms with Crippen molar-refractivity contribution in [2.45, 2.75) is 25.5 Å². The summed E-state index contributed by atoms with van der Waals surface area (Å²) in [5.74, 6) is -1.27. The Bertz CT molecular complexity index is 1810. The third-order valence-electron chi connectivity index (χ3n) is 6.19. The molecule has 0 spiro atoms.